The molecule has 2 aromatic carbocycles. The maximum absolute atomic E-state index is 12.8. The third-order valence-electron chi connectivity index (χ3n) is 4.06. The monoisotopic (exact) mass is 429 g/mol. The van der Waals surface area contributed by atoms with Crippen molar-refractivity contribution in [2.24, 2.45) is 0 Å². The van der Waals surface area contributed by atoms with Crippen LogP contribution in [0.1, 0.15) is 15.9 Å². The van der Waals surface area contributed by atoms with Gasteiger partial charge in [0.05, 0.1) is 12.2 Å². The second kappa shape index (κ2) is 9.73. The molecule has 29 heavy (non-hydrogen) atoms. The Bertz CT molecular complexity index is 871. The first kappa shape index (κ1) is 22.7. The highest BCUT2D eigenvalue weighted by Gasteiger charge is 2.30. The number of nitrogens with one attached hydrogen (secondary N) is 3. The van der Waals surface area contributed by atoms with E-state index in [1.54, 1.807) is 12.1 Å². The summed E-state index contributed by atoms with van der Waals surface area (Å²) in [6.45, 7) is 1.49. The number of amides is 2. The van der Waals surface area contributed by atoms with Gasteiger partial charge in [-0.2, -0.15) is 13.2 Å². The van der Waals surface area contributed by atoms with Crippen LogP contribution in [-0.2, 0) is 15.7 Å². The molecule has 1 fully saturated rings. The molecule has 0 spiro atoms. The van der Waals surface area contributed by atoms with Crippen molar-refractivity contribution in [2.45, 2.75) is 12.3 Å². The summed E-state index contributed by atoms with van der Waals surface area (Å²) in [5.74, 6) is -0.936. The van der Waals surface area contributed by atoms with Crippen LogP contribution in [-0.4, -0.2) is 37.6 Å². The van der Waals surface area contributed by atoms with Gasteiger partial charge in [0.15, 0.2) is 0 Å². The zero-order chi connectivity index (χ0) is 20.1. The molecule has 0 aliphatic carbocycles. The molecule has 1 aliphatic heterocycles. The summed E-state index contributed by atoms with van der Waals surface area (Å²) in [5.41, 5.74) is -0.253. The van der Waals surface area contributed by atoms with Crippen molar-refractivity contribution >= 4 is 35.6 Å². The summed E-state index contributed by atoms with van der Waals surface area (Å²) < 4.78 is 43.7. The number of carbonyl (C=O) groups excluding carboxylic acids is 2. The lowest BCUT2D eigenvalue weighted by Gasteiger charge is -2.22. The normalized spacial score (nSPS) is 16.4. The highest BCUT2D eigenvalue weighted by Crippen LogP contribution is 2.30. The molecule has 2 aromatic rings. The molecule has 3 N–H and O–H groups in total. The number of rotatable bonds is 4. The first-order valence-electron chi connectivity index (χ1n) is 8.55. The van der Waals surface area contributed by atoms with Crippen molar-refractivity contribution in [1.82, 2.24) is 5.32 Å². The first-order valence-corrected chi connectivity index (χ1v) is 8.55. The predicted molar refractivity (Wildman–Crippen MR) is 104 cm³/mol. The Kier molecular flexibility index (Phi) is 7.60. The summed E-state index contributed by atoms with van der Waals surface area (Å²) in [7, 11) is 0. The molecule has 0 aromatic heterocycles. The Morgan fingerprint density at radius 3 is 2.38 bits per heavy atom. The standard InChI is InChI=1S/C19H18F3N3O3.ClH/c20-19(21,22)13-4-2-6-15(10-13)24-17(26)12-3-1-5-14(9-12)25-18(27)16-11-23-7-8-28-16;/h1-6,9-10,16,23H,7-8,11H2,(H,24,26)(H,25,27);1H. The fraction of sp³-hybridized carbons (Fsp3) is 0.263. The number of halogens is 4. The molecule has 156 valence electrons. The second-order valence-corrected chi connectivity index (χ2v) is 6.17. The molecule has 1 atom stereocenters. The third-order valence-corrected chi connectivity index (χ3v) is 4.06. The van der Waals surface area contributed by atoms with E-state index in [0.29, 0.717) is 25.4 Å². The van der Waals surface area contributed by atoms with E-state index in [0.717, 1.165) is 12.1 Å². The number of alkyl halides is 3. The lowest BCUT2D eigenvalue weighted by molar-refractivity contribution is -0.137. The van der Waals surface area contributed by atoms with Crippen LogP contribution in [0.2, 0.25) is 0 Å². The van der Waals surface area contributed by atoms with E-state index in [1.807, 2.05) is 0 Å². The number of hydrogen-bond acceptors (Lipinski definition) is 4. The van der Waals surface area contributed by atoms with Crippen LogP contribution in [0.5, 0.6) is 0 Å². The minimum absolute atomic E-state index is 0. The van der Waals surface area contributed by atoms with Crippen molar-refractivity contribution < 1.29 is 27.5 Å². The Morgan fingerprint density at radius 1 is 1.03 bits per heavy atom. The summed E-state index contributed by atoms with van der Waals surface area (Å²) in [4.78, 5) is 24.6. The number of benzene rings is 2. The Hall–Kier alpha value is -2.62. The molecule has 1 aliphatic rings. The van der Waals surface area contributed by atoms with E-state index in [2.05, 4.69) is 16.0 Å². The van der Waals surface area contributed by atoms with E-state index in [4.69, 9.17) is 4.74 Å². The molecule has 6 nitrogen and oxygen atoms in total. The van der Waals surface area contributed by atoms with Gasteiger partial charge in [-0.1, -0.05) is 12.1 Å². The van der Waals surface area contributed by atoms with Crippen LogP contribution >= 0.6 is 12.4 Å². The van der Waals surface area contributed by atoms with Crippen LogP contribution < -0.4 is 16.0 Å². The fourth-order valence-corrected chi connectivity index (χ4v) is 2.67. The first-order chi connectivity index (χ1) is 13.3. The van der Waals surface area contributed by atoms with Gasteiger partial charge in [-0.25, -0.2) is 0 Å². The average molecular weight is 430 g/mol. The molecule has 3 rings (SSSR count). The molecule has 10 heteroatoms. The van der Waals surface area contributed by atoms with Crippen molar-refractivity contribution in [3.8, 4) is 0 Å². The zero-order valence-electron chi connectivity index (χ0n) is 15.1. The van der Waals surface area contributed by atoms with Gasteiger partial charge in [-0.15, -0.1) is 12.4 Å². The van der Waals surface area contributed by atoms with E-state index >= 15 is 0 Å². The van der Waals surface area contributed by atoms with Crippen LogP contribution in [0, 0.1) is 0 Å². The van der Waals surface area contributed by atoms with E-state index in [-0.39, 0.29) is 29.6 Å². The van der Waals surface area contributed by atoms with Gasteiger partial charge >= 0.3 is 6.18 Å². The van der Waals surface area contributed by atoms with Crippen LogP contribution in [0.3, 0.4) is 0 Å². The van der Waals surface area contributed by atoms with Crippen LogP contribution in [0.25, 0.3) is 0 Å². The molecular formula is C19H19ClF3N3O3. The lowest BCUT2D eigenvalue weighted by atomic mass is 10.1. The second-order valence-electron chi connectivity index (χ2n) is 6.17. The average Bonchev–Trinajstić information content (AvgIpc) is 2.68. The maximum atomic E-state index is 12.8. The number of carbonyl (C=O) groups is 2. The van der Waals surface area contributed by atoms with Crippen LogP contribution in [0.15, 0.2) is 48.5 Å². The topological polar surface area (TPSA) is 79.5 Å². The lowest BCUT2D eigenvalue weighted by Crippen LogP contribution is -2.45. The van der Waals surface area contributed by atoms with Crippen molar-refractivity contribution in [2.75, 3.05) is 30.3 Å². The number of ether oxygens (including phenoxy) is 1. The Balaban J connectivity index is 0.00000300. The SMILES string of the molecule is Cl.O=C(Nc1cccc(C(F)(F)F)c1)c1cccc(NC(=O)C2CNCCO2)c1. The van der Waals surface area contributed by atoms with Crippen molar-refractivity contribution in [1.29, 1.82) is 0 Å². The molecule has 0 radical (unpaired) electrons. The van der Waals surface area contributed by atoms with Gasteiger partial charge in [0.25, 0.3) is 11.8 Å². The van der Waals surface area contributed by atoms with Gasteiger partial charge in [0.2, 0.25) is 0 Å². The predicted octanol–water partition coefficient (Wildman–Crippen LogP) is 3.31. The maximum Gasteiger partial charge on any atom is 0.416 e. The summed E-state index contributed by atoms with van der Waals surface area (Å²) in [5, 5.41) is 8.14. The fourth-order valence-electron chi connectivity index (χ4n) is 2.67. The molecule has 2 amide bonds. The number of anilines is 2. The minimum atomic E-state index is -4.50. The molecular weight excluding hydrogens is 411 g/mol. The minimum Gasteiger partial charge on any atom is -0.366 e. The molecule has 0 saturated carbocycles. The molecule has 1 unspecified atom stereocenters. The zero-order valence-corrected chi connectivity index (χ0v) is 15.9. The van der Waals surface area contributed by atoms with Gasteiger partial charge < -0.3 is 20.7 Å². The van der Waals surface area contributed by atoms with E-state index in [1.165, 1.54) is 24.3 Å². The van der Waals surface area contributed by atoms with Gasteiger partial charge in [0.1, 0.15) is 6.10 Å². The van der Waals surface area contributed by atoms with Gasteiger partial charge in [-0.05, 0) is 36.4 Å². The quantitative estimate of drug-likeness (QED) is 0.696. The van der Waals surface area contributed by atoms with E-state index in [9.17, 15) is 22.8 Å². The number of hydrogen-bond donors (Lipinski definition) is 3. The third kappa shape index (κ3) is 6.18. The number of morpholine rings is 1. The van der Waals surface area contributed by atoms with Crippen molar-refractivity contribution in [3.05, 3.63) is 59.7 Å². The molecule has 1 saturated heterocycles. The highest BCUT2D eigenvalue weighted by molar-refractivity contribution is 6.05. The largest absolute Gasteiger partial charge is 0.416 e. The smallest absolute Gasteiger partial charge is 0.366 e. The van der Waals surface area contributed by atoms with Crippen LogP contribution in [0.4, 0.5) is 24.5 Å². The summed E-state index contributed by atoms with van der Waals surface area (Å²) in [6.07, 6.45) is -5.13. The Morgan fingerprint density at radius 2 is 1.72 bits per heavy atom. The van der Waals surface area contributed by atoms with Gasteiger partial charge in [-0.3, -0.25) is 9.59 Å². The van der Waals surface area contributed by atoms with Crippen molar-refractivity contribution in [3.63, 3.8) is 0 Å². The molecule has 1 heterocycles. The Labute approximate surface area is 171 Å². The summed E-state index contributed by atoms with van der Waals surface area (Å²) >= 11 is 0. The summed E-state index contributed by atoms with van der Waals surface area (Å²) in [6, 6.07) is 10.5. The highest BCUT2D eigenvalue weighted by atomic mass is 35.5. The molecule has 0 bridgehead atoms. The van der Waals surface area contributed by atoms with E-state index < -0.39 is 23.8 Å². The van der Waals surface area contributed by atoms with Gasteiger partial charge in [0, 0.05) is 30.0 Å².